The van der Waals surface area contributed by atoms with Crippen LogP contribution >= 0.6 is 15.9 Å². The first-order valence-electron chi connectivity index (χ1n) is 7.04. The molecule has 4 rings (SSSR count). The normalized spacial score (nSPS) is 25.6. The quantitative estimate of drug-likeness (QED) is 0.827. The predicted octanol–water partition coefficient (Wildman–Crippen LogP) is 1.33. The number of amides is 2. The van der Waals surface area contributed by atoms with Gasteiger partial charge in [0.05, 0.1) is 6.04 Å². The van der Waals surface area contributed by atoms with E-state index in [0.29, 0.717) is 5.92 Å². The molecule has 3 aliphatic rings. The van der Waals surface area contributed by atoms with Gasteiger partial charge in [0.1, 0.15) is 16.2 Å². The molecule has 1 atom stereocenters. The fraction of sp³-hybridized carbons (Fsp3) is 0.615. The lowest BCUT2D eigenvalue weighted by Gasteiger charge is -2.37. The highest BCUT2D eigenvalue weighted by molar-refractivity contribution is 9.10. The number of carbonyl (C=O) groups is 1. The van der Waals surface area contributed by atoms with Gasteiger partial charge in [0.15, 0.2) is 0 Å². The van der Waals surface area contributed by atoms with Gasteiger partial charge < -0.3 is 15.1 Å². The van der Waals surface area contributed by atoms with Crippen molar-refractivity contribution in [2.75, 3.05) is 31.1 Å². The van der Waals surface area contributed by atoms with E-state index in [4.69, 9.17) is 4.98 Å². The molecule has 2 aliphatic heterocycles. The Bertz CT molecular complexity index is 562. The van der Waals surface area contributed by atoms with Crippen molar-refractivity contribution < 1.29 is 4.79 Å². The standard InChI is InChI=1S/C13H16BrN5O/c14-10-5-11(17-12(16-10)8-1-2-8)18-3-4-19-9(7-18)6-15-13(19)20/h5,8-9H,1-4,6-7H2,(H,15,20). The Hall–Kier alpha value is -1.37. The largest absolute Gasteiger partial charge is 0.353 e. The first kappa shape index (κ1) is 12.4. The first-order valence-corrected chi connectivity index (χ1v) is 7.84. The molecule has 20 heavy (non-hydrogen) atoms. The van der Waals surface area contributed by atoms with Crippen molar-refractivity contribution in [2.45, 2.75) is 24.8 Å². The molecule has 3 heterocycles. The van der Waals surface area contributed by atoms with E-state index in [1.165, 1.54) is 12.8 Å². The third kappa shape index (κ3) is 2.13. The van der Waals surface area contributed by atoms with Crippen LogP contribution in [0, 0.1) is 0 Å². The minimum atomic E-state index is 0.0668. The Labute approximate surface area is 125 Å². The van der Waals surface area contributed by atoms with Gasteiger partial charge in [-0.25, -0.2) is 14.8 Å². The number of halogens is 1. The number of urea groups is 1. The number of piperazine rings is 1. The number of hydrogen-bond acceptors (Lipinski definition) is 4. The molecule has 2 amide bonds. The summed E-state index contributed by atoms with van der Waals surface area (Å²) in [6.07, 6.45) is 2.40. The third-order valence-electron chi connectivity index (χ3n) is 4.20. The van der Waals surface area contributed by atoms with Crippen LogP contribution in [0.5, 0.6) is 0 Å². The van der Waals surface area contributed by atoms with Crippen LogP contribution in [-0.2, 0) is 0 Å². The smallest absolute Gasteiger partial charge is 0.317 e. The van der Waals surface area contributed by atoms with Gasteiger partial charge in [0.25, 0.3) is 0 Å². The summed E-state index contributed by atoms with van der Waals surface area (Å²) in [5.41, 5.74) is 0. The molecular weight excluding hydrogens is 322 g/mol. The molecular formula is C13H16BrN5O. The van der Waals surface area contributed by atoms with Gasteiger partial charge in [-0.2, -0.15) is 0 Å². The van der Waals surface area contributed by atoms with E-state index < -0.39 is 0 Å². The Balaban J connectivity index is 1.57. The second-order valence-electron chi connectivity index (χ2n) is 5.66. The summed E-state index contributed by atoms with van der Waals surface area (Å²) in [5, 5.41) is 2.90. The number of nitrogens with zero attached hydrogens (tertiary/aromatic N) is 4. The average molecular weight is 338 g/mol. The lowest BCUT2D eigenvalue weighted by atomic mass is 10.2. The molecule has 1 aromatic rings. The highest BCUT2D eigenvalue weighted by Crippen LogP contribution is 2.39. The van der Waals surface area contributed by atoms with E-state index in [0.717, 1.165) is 42.4 Å². The number of nitrogens with one attached hydrogen (secondary N) is 1. The topological polar surface area (TPSA) is 61.4 Å². The third-order valence-corrected chi connectivity index (χ3v) is 4.60. The molecule has 1 unspecified atom stereocenters. The highest BCUT2D eigenvalue weighted by Gasteiger charge is 2.36. The molecule has 0 aromatic carbocycles. The summed E-state index contributed by atoms with van der Waals surface area (Å²) < 4.78 is 0.854. The lowest BCUT2D eigenvalue weighted by Crippen LogP contribution is -2.52. The number of anilines is 1. The molecule has 6 nitrogen and oxygen atoms in total. The van der Waals surface area contributed by atoms with Crippen molar-refractivity contribution >= 4 is 27.8 Å². The van der Waals surface area contributed by atoms with Gasteiger partial charge in [-0.3, -0.25) is 0 Å². The van der Waals surface area contributed by atoms with E-state index in [-0.39, 0.29) is 12.1 Å². The highest BCUT2D eigenvalue weighted by atomic mass is 79.9. The van der Waals surface area contributed by atoms with Gasteiger partial charge in [-0.15, -0.1) is 0 Å². The summed E-state index contributed by atoms with van der Waals surface area (Å²) >= 11 is 3.49. The fourth-order valence-electron chi connectivity index (χ4n) is 2.92. The number of rotatable bonds is 2. The van der Waals surface area contributed by atoms with E-state index in [2.05, 4.69) is 31.1 Å². The zero-order valence-electron chi connectivity index (χ0n) is 11.0. The van der Waals surface area contributed by atoms with Crippen LogP contribution in [0.25, 0.3) is 0 Å². The van der Waals surface area contributed by atoms with Crippen molar-refractivity contribution in [1.29, 1.82) is 0 Å². The monoisotopic (exact) mass is 337 g/mol. The van der Waals surface area contributed by atoms with Gasteiger partial charge in [-0.1, -0.05) is 0 Å². The molecule has 0 bridgehead atoms. The van der Waals surface area contributed by atoms with E-state index in [1.807, 2.05) is 11.0 Å². The summed E-state index contributed by atoms with van der Waals surface area (Å²) in [6.45, 7) is 3.16. The SMILES string of the molecule is O=C1NCC2CN(c3cc(Br)nc(C4CC4)n3)CCN12. The molecule has 0 spiro atoms. The Morgan fingerprint density at radius 1 is 1.30 bits per heavy atom. The number of hydrogen-bond donors (Lipinski definition) is 1. The second kappa shape index (κ2) is 4.58. The molecule has 2 saturated heterocycles. The second-order valence-corrected chi connectivity index (χ2v) is 6.47. The van der Waals surface area contributed by atoms with Gasteiger partial charge >= 0.3 is 6.03 Å². The maximum atomic E-state index is 11.6. The zero-order valence-corrected chi connectivity index (χ0v) is 12.6. The molecule has 1 N–H and O–H groups in total. The summed E-state index contributed by atoms with van der Waals surface area (Å²) in [4.78, 5) is 25.0. The molecule has 1 aromatic heterocycles. The predicted molar refractivity (Wildman–Crippen MR) is 77.8 cm³/mol. The van der Waals surface area contributed by atoms with Crippen molar-refractivity contribution in [3.63, 3.8) is 0 Å². The van der Waals surface area contributed by atoms with E-state index in [1.54, 1.807) is 0 Å². The molecule has 0 radical (unpaired) electrons. The van der Waals surface area contributed by atoms with Crippen LogP contribution in [0.15, 0.2) is 10.7 Å². The fourth-order valence-corrected chi connectivity index (χ4v) is 3.31. The molecule has 1 saturated carbocycles. The van der Waals surface area contributed by atoms with Gasteiger partial charge in [0, 0.05) is 38.2 Å². The number of aromatic nitrogens is 2. The van der Waals surface area contributed by atoms with Gasteiger partial charge in [0.2, 0.25) is 0 Å². The van der Waals surface area contributed by atoms with Crippen LogP contribution in [0.2, 0.25) is 0 Å². The zero-order chi connectivity index (χ0) is 13.7. The Morgan fingerprint density at radius 3 is 2.95 bits per heavy atom. The number of carbonyl (C=O) groups excluding carboxylic acids is 1. The van der Waals surface area contributed by atoms with Gasteiger partial charge in [-0.05, 0) is 28.8 Å². The minimum absolute atomic E-state index is 0.0668. The summed E-state index contributed by atoms with van der Waals surface area (Å²) in [7, 11) is 0. The first-order chi connectivity index (χ1) is 9.70. The summed E-state index contributed by atoms with van der Waals surface area (Å²) in [5.74, 6) is 2.48. The van der Waals surface area contributed by atoms with E-state index >= 15 is 0 Å². The van der Waals surface area contributed by atoms with Crippen molar-refractivity contribution in [3.05, 3.63) is 16.5 Å². The van der Waals surface area contributed by atoms with E-state index in [9.17, 15) is 4.79 Å². The van der Waals surface area contributed by atoms with Crippen LogP contribution in [0.4, 0.5) is 10.6 Å². The van der Waals surface area contributed by atoms with Crippen molar-refractivity contribution in [1.82, 2.24) is 20.2 Å². The van der Waals surface area contributed by atoms with Crippen LogP contribution in [-0.4, -0.2) is 53.1 Å². The van der Waals surface area contributed by atoms with Crippen molar-refractivity contribution in [3.8, 4) is 0 Å². The molecule has 7 heteroatoms. The lowest BCUT2D eigenvalue weighted by molar-refractivity contribution is 0.197. The molecule has 1 aliphatic carbocycles. The molecule has 106 valence electrons. The van der Waals surface area contributed by atoms with Crippen LogP contribution in [0.3, 0.4) is 0 Å². The maximum absolute atomic E-state index is 11.6. The van der Waals surface area contributed by atoms with Crippen LogP contribution in [0.1, 0.15) is 24.6 Å². The Morgan fingerprint density at radius 2 is 2.15 bits per heavy atom. The average Bonchev–Trinajstić information content (AvgIpc) is 3.23. The summed E-state index contributed by atoms with van der Waals surface area (Å²) in [6, 6.07) is 2.30. The number of fused-ring (bicyclic) bond motifs is 1. The van der Waals surface area contributed by atoms with Crippen molar-refractivity contribution in [2.24, 2.45) is 0 Å². The minimum Gasteiger partial charge on any atom is -0.353 e. The van der Waals surface area contributed by atoms with Crippen LogP contribution < -0.4 is 10.2 Å². The Kier molecular flexibility index (Phi) is 2.83. The molecule has 3 fully saturated rings. The maximum Gasteiger partial charge on any atom is 0.317 e.